The first-order valence-corrected chi connectivity index (χ1v) is 11.3. The zero-order valence-electron chi connectivity index (χ0n) is 18.5. The molecule has 0 radical (unpaired) electrons. The van der Waals surface area contributed by atoms with Crippen LogP contribution in [0.4, 0.5) is 13.2 Å². The van der Waals surface area contributed by atoms with Gasteiger partial charge in [0.1, 0.15) is 5.60 Å². The van der Waals surface area contributed by atoms with E-state index in [-0.39, 0.29) is 11.8 Å². The lowest BCUT2D eigenvalue weighted by atomic mass is 9.81. The largest absolute Gasteiger partial charge is 0.450 e. The topological polar surface area (TPSA) is 49.9 Å². The minimum Gasteiger partial charge on any atom is -0.450 e. The van der Waals surface area contributed by atoms with E-state index < -0.39 is 23.3 Å². The molecule has 174 valence electrons. The van der Waals surface area contributed by atoms with E-state index >= 15 is 0 Å². The van der Waals surface area contributed by atoms with E-state index in [1.807, 2.05) is 0 Å². The second-order valence-electron chi connectivity index (χ2n) is 9.01. The molecule has 8 heteroatoms. The molecule has 3 aliphatic heterocycles. The molecular weight excluding hydrogens is 421 g/mol. The predicted molar refractivity (Wildman–Crippen MR) is 113 cm³/mol. The van der Waals surface area contributed by atoms with Gasteiger partial charge in [-0.05, 0) is 43.9 Å². The molecule has 0 bridgehead atoms. The summed E-state index contributed by atoms with van der Waals surface area (Å²) in [5.41, 5.74) is 0.0408. The highest BCUT2D eigenvalue weighted by Crippen LogP contribution is 2.42. The zero-order valence-corrected chi connectivity index (χ0v) is 18.5. The summed E-state index contributed by atoms with van der Waals surface area (Å²) in [6.45, 7) is 7.09. The van der Waals surface area contributed by atoms with E-state index in [9.17, 15) is 22.8 Å². The lowest BCUT2D eigenvalue weighted by Gasteiger charge is -2.41. The maximum atomic E-state index is 13.5. The standard InChI is InChI=1S/C24H29F3N2O3/c1-3-28-13-9-23(10-14-28)20(16(2)22(31)32-23)21(30)29-11-7-17(8-12-29)18-5-4-6-19(15-18)24(25,26)27/h4-6,15,17H,3,7-14H2,1-2H3. The molecular formula is C24H29F3N2O3. The molecule has 1 spiro atoms. The quantitative estimate of drug-likeness (QED) is 0.650. The summed E-state index contributed by atoms with van der Waals surface area (Å²) in [7, 11) is 0. The number of alkyl halides is 3. The van der Waals surface area contributed by atoms with Gasteiger partial charge in [-0.2, -0.15) is 13.2 Å². The van der Waals surface area contributed by atoms with Crippen LogP contribution in [-0.2, 0) is 20.5 Å². The van der Waals surface area contributed by atoms with Crippen molar-refractivity contribution in [3.8, 4) is 0 Å². The van der Waals surface area contributed by atoms with Crippen LogP contribution in [0.5, 0.6) is 0 Å². The second kappa shape index (κ2) is 8.54. The lowest BCUT2D eigenvalue weighted by molar-refractivity contribution is -0.151. The Morgan fingerprint density at radius 1 is 1.16 bits per heavy atom. The second-order valence-corrected chi connectivity index (χ2v) is 9.01. The van der Waals surface area contributed by atoms with E-state index in [1.165, 1.54) is 12.1 Å². The van der Waals surface area contributed by atoms with E-state index in [4.69, 9.17) is 4.74 Å². The normalized spacial score (nSPS) is 22.5. The number of halogens is 3. The van der Waals surface area contributed by atoms with E-state index in [2.05, 4.69) is 11.8 Å². The maximum Gasteiger partial charge on any atom is 0.416 e. The van der Waals surface area contributed by atoms with Crippen molar-refractivity contribution in [1.82, 2.24) is 9.80 Å². The van der Waals surface area contributed by atoms with Crippen molar-refractivity contribution in [1.29, 1.82) is 0 Å². The molecule has 1 aromatic rings. The Morgan fingerprint density at radius 2 is 1.81 bits per heavy atom. The molecule has 1 aromatic carbocycles. The number of carbonyl (C=O) groups is 2. The number of hydrogen-bond donors (Lipinski definition) is 0. The number of rotatable bonds is 3. The Morgan fingerprint density at radius 3 is 2.41 bits per heavy atom. The first kappa shape index (κ1) is 22.8. The van der Waals surface area contributed by atoms with Crippen molar-refractivity contribution < 1.29 is 27.5 Å². The summed E-state index contributed by atoms with van der Waals surface area (Å²) in [6, 6.07) is 5.47. The summed E-state index contributed by atoms with van der Waals surface area (Å²) in [5, 5.41) is 0. The molecule has 0 aromatic heterocycles. The van der Waals surface area contributed by atoms with Crippen molar-refractivity contribution in [2.75, 3.05) is 32.7 Å². The van der Waals surface area contributed by atoms with Crippen LogP contribution in [0.3, 0.4) is 0 Å². The van der Waals surface area contributed by atoms with Crippen molar-refractivity contribution in [2.45, 2.75) is 57.2 Å². The Labute approximate surface area is 186 Å². The number of esters is 1. The van der Waals surface area contributed by atoms with Gasteiger partial charge >= 0.3 is 12.1 Å². The van der Waals surface area contributed by atoms with Gasteiger partial charge in [0.2, 0.25) is 0 Å². The zero-order chi connectivity index (χ0) is 23.1. The Bertz CT molecular complexity index is 925. The van der Waals surface area contributed by atoms with Crippen molar-refractivity contribution in [2.24, 2.45) is 0 Å². The molecule has 1 amide bonds. The molecule has 0 aliphatic carbocycles. The molecule has 2 fully saturated rings. The van der Waals surface area contributed by atoms with Gasteiger partial charge in [0.25, 0.3) is 5.91 Å². The number of piperidine rings is 2. The Balaban J connectivity index is 1.47. The molecule has 32 heavy (non-hydrogen) atoms. The molecule has 0 N–H and O–H groups in total. The first-order valence-electron chi connectivity index (χ1n) is 11.3. The number of ether oxygens (including phenoxy) is 1. The highest BCUT2D eigenvalue weighted by atomic mass is 19.4. The minimum absolute atomic E-state index is 0.0281. The van der Waals surface area contributed by atoms with Gasteiger partial charge in [-0.3, -0.25) is 4.79 Å². The molecule has 3 heterocycles. The van der Waals surface area contributed by atoms with Gasteiger partial charge in [0.05, 0.1) is 11.1 Å². The third kappa shape index (κ3) is 4.17. The highest BCUT2D eigenvalue weighted by Gasteiger charge is 2.51. The summed E-state index contributed by atoms with van der Waals surface area (Å²) >= 11 is 0. The number of nitrogens with zero attached hydrogens (tertiary/aromatic N) is 2. The fourth-order valence-corrected chi connectivity index (χ4v) is 5.23. The van der Waals surface area contributed by atoms with Gasteiger partial charge in [-0.1, -0.05) is 25.1 Å². The average Bonchev–Trinajstić information content (AvgIpc) is 3.02. The smallest absolute Gasteiger partial charge is 0.416 e. The molecule has 0 saturated carbocycles. The fourth-order valence-electron chi connectivity index (χ4n) is 5.23. The Kier molecular flexibility index (Phi) is 6.09. The monoisotopic (exact) mass is 450 g/mol. The lowest BCUT2D eigenvalue weighted by Crippen LogP contribution is -2.50. The van der Waals surface area contributed by atoms with Crippen LogP contribution in [0, 0.1) is 0 Å². The minimum atomic E-state index is -4.37. The molecule has 4 rings (SSSR count). The van der Waals surface area contributed by atoms with Gasteiger partial charge in [0.15, 0.2) is 0 Å². The highest BCUT2D eigenvalue weighted by molar-refractivity contribution is 6.07. The van der Waals surface area contributed by atoms with Crippen molar-refractivity contribution in [3.05, 3.63) is 46.5 Å². The fraction of sp³-hybridized carbons (Fsp3) is 0.583. The molecule has 2 saturated heterocycles. The van der Waals surface area contributed by atoms with E-state index in [1.54, 1.807) is 17.9 Å². The third-order valence-corrected chi connectivity index (χ3v) is 7.22. The summed E-state index contributed by atoms with van der Waals surface area (Å²) < 4.78 is 45.0. The average molecular weight is 451 g/mol. The van der Waals surface area contributed by atoms with Crippen molar-refractivity contribution in [3.63, 3.8) is 0 Å². The van der Waals surface area contributed by atoms with Crippen LogP contribution in [0.15, 0.2) is 35.4 Å². The molecule has 5 nitrogen and oxygen atoms in total. The van der Waals surface area contributed by atoms with Gasteiger partial charge in [-0.25, -0.2) is 4.79 Å². The number of carbonyl (C=O) groups excluding carboxylic acids is 2. The van der Waals surface area contributed by atoms with Crippen LogP contribution in [0.25, 0.3) is 0 Å². The SMILES string of the molecule is CCN1CCC2(CC1)OC(=O)C(C)=C2C(=O)N1CCC(c2cccc(C(F)(F)F)c2)CC1. The number of amides is 1. The number of likely N-dealkylation sites (tertiary alicyclic amines) is 2. The first-order chi connectivity index (χ1) is 15.1. The van der Waals surface area contributed by atoms with Gasteiger partial charge in [-0.15, -0.1) is 0 Å². The van der Waals surface area contributed by atoms with Crippen LogP contribution in [-0.4, -0.2) is 60.0 Å². The van der Waals surface area contributed by atoms with Crippen molar-refractivity contribution >= 4 is 11.9 Å². The van der Waals surface area contributed by atoms with Gasteiger partial charge < -0.3 is 14.5 Å². The summed E-state index contributed by atoms with van der Waals surface area (Å²) in [6.07, 6.45) is -1.99. The van der Waals surface area contributed by atoms with Crippen LogP contribution in [0.2, 0.25) is 0 Å². The summed E-state index contributed by atoms with van der Waals surface area (Å²) in [5.74, 6) is -0.613. The Hall–Kier alpha value is -2.35. The van der Waals surface area contributed by atoms with Crippen LogP contribution < -0.4 is 0 Å². The van der Waals surface area contributed by atoms with Gasteiger partial charge in [0, 0.05) is 44.6 Å². The van der Waals surface area contributed by atoms with Crippen LogP contribution in [0.1, 0.15) is 56.6 Å². The number of benzene rings is 1. The van der Waals surface area contributed by atoms with E-state index in [0.29, 0.717) is 55.5 Å². The molecule has 0 atom stereocenters. The van der Waals surface area contributed by atoms with E-state index in [0.717, 1.165) is 25.7 Å². The number of hydrogen-bond acceptors (Lipinski definition) is 4. The molecule has 0 unspecified atom stereocenters. The summed E-state index contributed by atoms with van der Waals surface area (Å²) in [4.78, 5) is 29.9. The predicted octanol–water partition coefficient (Wildman–Crippen LogP) is 4.14. The van der Waals surface area contributed by atoms with Crippen LogP contribution >= 0.6 is 0 Å². The third-order valence-electron chi connectivity index (χ3n) is 7.22. The maximum absolute atomic E-state index is 13.5. The molecule has 3 aliphatic rings.